The van der Waals surface area contributed by atoms with Crippen LogP contribution in [0.1, 0.15) is 33.6 Å². The standard InChI is InChI=1S/C12H15N3O4/c1-7-10(12(16)17-3)4-9(18-7)5-13-6-11-14-8(2)15-19-11/h4,13H,5-6H2,1-3H3. The van der Waals surface area contributed by atoms with E-state index in [-0.39, 0.29) is 0 Å². The molecule has 2 heterocycles. The fraction of sp³-hybridized carbons (Fsp3) is 0.417. The molecule has 0 fully saturated rings. The van der Waals surface area contributed by atoms with Crippen LogP contribution < -0.4 is 5.32 Å². The van der Waals surface area contributed by atoms with Crippen LogP contribution in [-0.2, 0) is 17.8 Å². The highest BCUT2D eigenvalue weighted by atomic mass is 16.5. The van der Waals surface area contributed by atoms with Crippen molar-refractivity contribution in [1.29, 1.82) is 0 Å². The first kappa shape index (κ1) is 13.3. The Labute approximate surface area is 109 Å². The molecule has 0 spiro atoms. The van der Waals surface area contributed by atoms with Crippen molar-refractivity contribution >= 4 is 5.97 Å². The molecule has 1 N–H and O–H groups in total. The number of nitrogens with one attached hydrogen (secondary N) is 1. The predicted octanol–water partition coefficient (Wildman–Crippen LogP) is 1.36. The third kappa shape index (κ3) is 3.19. The third-order valence-corrected chi connectivity index (χ3v) is 2.52. The molecule has 7 heteroatoms. The third-order valence-electron chi connectivity index (χ3n) is 2.52. The van der Waals surface area contributed by atoms with Crippen molar-refractivity contribution < 1.29 is 18.5 Å². The maximum atomic E-state index is 11.4. The van der Waals surface area contributed by atoms with Gasteiger partial charge in [-0.25, -0.2) is 4.79 Å². The van der Waals surface area contributed by atoms with E-state index in [4.69, 9.17) is 8.94 Å². The maximum Gasteiger partial charge on any atom is 0.341 e. The second-order valence-corrected chi connectivity index (χ2v) is 4.01. The Morgan fingerprint density at radius 3 is 2.84 bits per heavy atom. The smallest absolute Gasteiger partial charge is 0.341 e. The number of ether oxygens (including phenoxy) is 1. The number of hydrogen-bond acceptors (Lipinski definition) is 7. The predicted molar refractivity (Wildman–Crippen MR) is 64.4 cm³/mol. The molecule has 0 aliphatic rings. The topological polar surface area (TPSA) is 90.4 Å². The number of rotatable bonds is 5. The fourth-order valence-electron chi connectivity index (χ4n) is 1.65. The van der Waals surface area contributed by atoms with Gasteiger partial charge in [0.1, 0.15) is 17.1 Å². The van der Waals surface area contributed by atoms with Crippen molar-refractivity contribution in [3.05, 3.63) is 34.9 Å². The van der Waals surface area contributed by atoms with Crippen LogP contribution in [0.2, 0.25) is 0 Å². The fourth-order valence-corrected chi connectivity index (χ4v) is 1.65. The van der Waals surface area contributed by atoms with Crippen LogP contribution in [-0.4, -0.2) is 23.2 Å². The molecule has 0 bridgehead atoms. The highest BCUT2D eigenvalue weighted by molar-refractivity contribution is 5.90. The van der Waals surface area contributed by atoms with Crippen LogP contribution in [0, 0.1) is 13.8 Å². The number of aryl methyl sites for hydroxylation is 2. The molecule has 0 saturated heterocycles. The molecular formula is C12H15N3O4. The molecule has 0 unspecified atom stereocenters. The minimum atomic E-state index is -0.403. The van der Waals surface area contributed by atoms with E-state index >= 15 is 0 Å². The first-order valence-electron chi connectivity index (χ1n) is 5.77. The van der Waals surface area contributed by atoms with Gasteiger partial charge in [0.15, 0.2) is 5.82 Å². The summed E-state index contributed by atoms with van der Waals surface area (Å²) in [5, 5.41) is 6.77. The molecule has 2 aromatic heterocycles. The van der Waals surface area contributed by atoms with E-state index in [0.717, 1.165) is 0 Å². The molecule has 0 saturated carbocycles. The number of carbonyl (C=O) groups excluding carboxylic acids is 1. The van der Waals surface area contributed by atoms with Crippen molar-refractivity contribution in [2.75, 3.05) is 7.11 Å². The highest BCUT2D eigenvalue weighted by Crippen LogP contribution is 2.15. The van der Waals surface area contributed by atoms with Crippen LogP contribution >= 0.6 is 0 Å². The number of nitrogens with zero attached hydrogens (tertiary/aromatic N) is 2. The van der Waals surface area contributed by atoms with Gasteiger partial charge in [-0.05, 0) is 19.9 Å². The lowest BCUT2D eigenvalue weighted by molar-refractivity contribution is 0.0599. The van der Waals surface area contributed by atoms with E-state index in [1.165, 1.54) is 7.11 Å². The molecule has 0 aromatic carbocycles. The molecule has 0 amide bonds. The molecule has 2 rings (SSSR count). The molecule has 2 aromatic rings. The van der Waals surface area contributed by atoms with Gasteiger partial charge >= 0.3 is 5.97 Å². The summed E-state index contributed by atoms with van der Waals surface area (Å²) in [5.41, 5.74) is 0.438. The Hall–Kier alpha value is -2.15. The normalized spacial score (nSPS) is 10.7. The molecule has 0 radical (unpaired) electrons. The minimum absolute atomic E-state index is 0.403. The van der Waals surface area contributed by atoms with Crippen molar-refractivity contribution in [1.82, 2.24) is 15.5 Å². The van der Waals surface area contributed by atoms with E-state index in [9.17, 15) is 4.79 Å². The zero-order valence-electron chi connectivity index (χ0n) is 11.0. The van der Waals surface area contributed by atoms with Crippen LogP contribution in [0.25, 0.3) is 0 Å². The van der Waals surface area contributed by atoms with Gasteiger partial charge in [-0.3, -0.25) is 0 Å². The summed E-state index contributed by atoms with van der Waals surface area (Å²) < 4.78 is 15.1. The molecule has 19 heavy (non-hydrogen) atoms. The minimum Gasteiger partial charge on any atom is -0.465 e. The largest absolute Gasteiger partial charge is 0.465 e. The van der Waals surface area contributed by atoms with Gasteiger partial charge in [0.25, 0.3) is 0 Å². The van der Waals surface area contributed by atoms with Gasteiger partial charge in [0.2, 0.25) is 5.89 Å². The number of aromatic nitrogens is 2. The second kappa shape index (κ2) is 5.66. The zero-order chi connectivity index (χ0) is 13.8. The van der Waals surface area contributed by atoms with Gasteiger partial charge in [-0.2, -0.15) is 4.98 Å². The summed E-state index contributed by atoms with van der Waals surface area (Å²) in [5.74, 6) is 1.89. The molecule has 0 atom stereocenters. The van der Waals surface area contributed by atoms with Gasteiger partial charge in [-0.1, -0.05) is 5.16 Å². The number of hydrogen-bond donors (Lipinski definition) is 1. The first-order valence-corrected chi connectivity index (χ1v) is 5.77. The summed E-state index contributed by atoms with van der Waals surface area (Å²) in [6, 6.07) is 1.66. The second-order valence-electron chi connectivity index (χ2n) is 4.01. The first-order chi connectivity index (χ1) is 9.10. The van der Waals surface area contributed by atoms with Crippen LogP contribution in [0.4, 0.5) is 0 Å². The molecule has 7 nitrogen and oxygen atoms in total. The summed E-state index contributed by atoms with van der Waals surface area (Å²) >= 11 is 0. The van der Waals surface area contributed by atoms with E-state index in [2.05, 4.69) is 20.2 Å². The highest BCUT2D eigenvalue weighted by Gasteiger charge is 2.15. The van der Waals surface area contributed by atoms with Gasteiger partial charge < -0.3 is 19.0 Å². The summed E-state index contributed by atoms with van der Waals surface area (Å²) in [7, 11) is 1.34. The van der Waals surface area contributed by atoms with E-state index < -0.39 is 5.97 Å². The summed E-state index contributed by atoms with van der Waals surface area (Å²) in [6.07, 6.45) is 0. The van der Waals surface area contributed by atoms with E-state index in [1.807, 2.05) is 0 Å². The average molecular weight is 265 g/mol. The quantitative estimate of drug-likeness (QED) is 0.816. The van der Waals surface area contributed by atoms with Crippen molar-refractivity contribution in [2.45, 2.75) is 26.9 Å². The van der Waals surface area contributed by atoms with Crippen LogP contribution in [0.5, 0.6) is 0 Å². The summed E-state index contributed by atoms with van der Waals surface area (Å²) in [4.78, 5) is 15.5. The van der Waals surface area contributed by atoms with Crippen LogP contribution in [0.15, 0.2) is 15.0 Å². The molecule has 102 valence electrons. The number of carbonyl (C=O) groups is 1. The van der Waals surface area contributed by atoms with Crippen LogP contribution in [0.3, 0.4) is 0 Å². The monoisotopic (exact) mass is 265 g/mol. The average Bonchev–Trinajstić information content (AvgIpc) is 2.95. The van der Waals surface area contributed by atoms with Gasteiger partial charge in [0.05, 0.1) is 20.2 Å². The van der Waals surface area contributed by atoms with Gasteiger partial charge in [0, 0.05) is 0 Å². The Morgan fingerprint density at radius 1 is 1.42 bits per heavy atom. The van der Waals surface area contributed by atoms with Crippen molar-refractivity contribution in [3.8, 4) is 0 Å². The van der Waals surface area contributed by atoms with Crippen molar-refractivity contribution in [3.63, 3.8) is 0 Å². The van der Waals surface area contributed by atoms with Gasteiger partial charge in [-0.15, -0.1) is 0 Å². The molecule has 0 aliphatic heterocycles. The number of methoxy groups -OCH3 is 1. The molecular weight excluding hydrogens is 250 g/mol. The Bertz CT molecular complexity index is 573. The van der Waals surface area contributed by atoms with E-state index in [1.54, 1.807) is 19.9 Å². The Kier molecular flexibility index (Phi) is 3.96. The lowest BCUT2D eigenvalue weighted by atomic mass is 10.2. The Balaban J connectivity index is 1.91. The number of furan rings is 1. The SMILES string of the molecule is COC(=O)c1cc(CNCc2nc(C)no2)oc1C. The van der Waals surface area contributed by atoms with Crippen molar-refractivity contribution in [2.24, 2.45) is 0 Å². The number of esters is 1. The van der Waals surface area contributed by atoms with E-state index in [0.29, 0.717) is 41.9 Å². The maximum absolute atomic E-state index is 11.4. The lowest BCUT2D eigenvalue weighted by Crippen LogP contribution is -2.12. The summed E-state index contributed by atoms with van der Waals surface area (Å²) in [6.45, 7) is 4.37. The zero-order valence-corrected chi connectivity index (χ0v) is 11.0. The Morgan fingerprint density at radius 2 is 2.21 bits per heavy atom. The lowest BCUT2D eigenvalue weighted by Gasteiger charge is -1.97. The molecule has 0 aliphatic carbocycles.